The van der Waals surface area contributed by atoms with E-state index in [1.807, 2.05) is 35.2 Å². The number of aromatic nitrogens is 2. The van der Waals surface area contributed by atoms with Crippen LogP contribution in [0.15, 0.2) is 57.4 Å². The number of amides is 1. The van der Waals surface area contributed by atoms with E-state index in [0.29, 0.717) is 60.4 Å². The molecule has 0 atom stereocenters. The van der Waals surface area contributed by atoms with Crippen LogP contribution in [0.4, 0.5) is 0 Å². The molecule has 0 radical (unpaired) electrons. The van der Waals surface area contributed by atoms with E-state index in [1.54, 1.807) is 11.8 Å². The van der Waals surface area contributed by atoms with Gasteiger partial charge in [-0.15, -0.1) is 0 Å². The van der Waals surface area contributed by atoms with Gasteiger partial charge in [0.05, 0.1) is 30.8 Å². The Hall–Kier alpha value is -4.82. The minimum Gasteiger partial charge on any atom is -0.439 e. The number of rotatable bonds is 7. The Morgan fingerprint density at radius 1 is 0.917 bits per heavy atom. The molecule has 0 bridgehead atoms. The van der Waals surface area contributed by atoms with E-state index in [4.69, 9.17) is 18.8 Å². The van der Waals surface area contributed by atoms with Crippen molar-refractivity contribution in [1.29, 1.82) is 5.26 Å². The molecule has 48 heavy (non-hydrogen) atoms. The number of likely N-dealkylation sites (tertiary alicyclic amines) is 2. The van der Waals surface area contributed by atoms with Crippen molar-refractivity contribution in [3.8, 4) is 40.1 Å². The van der Waals surface area contributed by atoms with Crippen LogP contribution in [-0.4, -0.2) is 74.0 Å². The van der Waals surface area contributed by atoms with Gasteiger partial charge in [0.2, 0.25) is 17.7 Å². The number of carbonyl (C=O) groups is 1. The standard InChI is InChI=1S/C38H38N6O4/c1-23-27(8-6-10-29(23)36-41-32-18-44(19-33(32)47-36)34(45)20-43-21-38(3,46)22-43)28-9-7-11-30(24(28)2)37-40-31-15-25(17-42-12-4-5-13-42)14-26(16-39)35(31)48-37/h6-11,14-15,46H,4-5,12-13,17-22H2,1-3H3. The molecule has 0 saturated carbocycles. The number of oxazole rings is 2. The van der Waals surface area contributed by atoms with Gasteiger partial charge in [0.15, 0.2) is 5.58 Å². The number of carbonyl (C=O) groups excluding carboxylic acids is 1. The van der Waals surface area contributed by atoms with Gasteiger partial charge in [-0.3, -0.25) is 14.6 Å². The highest BCUT2D eigenvalue weighted by atomic mass is 16.4. The van der Waals surface area contributed by atoms with E-state index in [9.17, 15) is 15.2 Å². The van der Waals surface area contributed by atoms with Gasteiger partial charge in [0.1, 0.15) is 23.0 Å². The summed E-state index contributed by atoms with van der Waals surface area (Å²) in [7, 11) is 0. The first-order valence-corrected chi connectivity index (χ1v) is 16.6. The highest BCUT2D eigenvalue weighted by Gasteiger charge is 2.39. The van der Waals surface area contributed by atoms with Crippen molar-refractivity contribution in [1.82, 2.24) is 24.7 Å². The lowest BCUT2D eigenvalue weighted by Gasteiger charge is -2.44. The first-order valence-electron chi connectivity index (χ1n) is 16.6. The summed E-state index contributed by atoms with van der Waals surface area (Å²) in [5.74, 6) is 1.77. The van der Waals surface area contributed by atoms with E-state index in [1.165, 1.54) is 12.8 Å². The third-order valence-corrected chi connectivity index (χ3v) is 9.99. The summed E-state index contributed by atoms with van der Waals surface area (Å²) in [5, 5.41) is 19.9. The summed E-state index contributed by atoms with van der Waals surface area (Å²) in [4.78, 5) is 28.7. The Labute approximate surface area is 279 Å². The van der Waals surface area contributed by atoms with Crippen molar-refractivity contribution >= 4 is 17.0 Å². The average molecular weight is 643 g/mol. The Morgan fingerprint density at radius 3 is 2.19 bits per heavy atom. The predicted molar refractivity (Wildman–Crippen MR) is 180 cm³/mol. The number of nitriles is 1. The molecule has 1 N–H and O–H groups in total. The van der Waals surface area contributed by atoms with Crippen molar-refractivity contribution in [2.75, 3.05) is 32.7 Å². The van der Waals surface area contributed by atoms with E-state index < -0.39 is 5.60 Å². The van der Waals surface area contributed by atoms with Gasteiger partial charge in [0.25, 0.3) is 0 Å². The lowest BCUT2D eigenvalue weighted by Crippen LogP contribution is -2.61. The summed E-state index contributed by atoms with van der Waals surface area (Å²) in [6.45, 7) is 11.0. The van der Waals surface area contributed by atoms with Crippen LogP contribution in [0.1, 0.15) is 53.5 Å². The second kappa shape index (κ2) is 11.7. The van der Waals surface area contributed by atoms with Crippen LogP contribution >= 0.6 is 0 Å². The topological polar surface area (TPSA) is 123 Å². The number of hydrogen-bond acceptors (Lipinski definition) is 9. The summed E-state index contributed by atoms with van der Waals surface area (Å²) < 4.78 is 12.5. The number of fused-ring (bicyclic) bond motifs is 2. The van der Waals surface area contributed by atoms with Gasteiger partial charge in [-0.2, -0.15) is 5.26 Å². The smallest absolute Gasteiger partial charge is 0.237 e. The van der Waals surface area contributed by atoms with Crippen molar-refractivity contribution < 1.29 is 18.7 Å². The van der Waals surface area contributed by atoms with Crippen LogP contribution < -0.4 is 0 Å². The monoisotopic (exact) mass is 642 g/mol. The zero-order valence-corrected chi connectivity index (χ0v) is 27.5. The van der Waals surface area contributed by atoms with Crippen LogP contribution in [0.3, 0.4) is 0 Å². The SMILES string of the molecule is Cc1c(-c2nc3c(o2)CN(C(=O)CN2CC(C)(O)C2)C3)cccc1-c1cccc(-c2nc3cc(CN4CCCC4)cc(C#N)c3o2)c1C. The Balaban J connectivity index is 1.05. The molecule has 2 aromatic heterocycles. The maximum Gasteiger partial charge on any atom is 0.237 e. The van der Waals surface area contributed by atoms with Crippen LogP contribution in [0.25, 0.3) is 45.1 Å². The Morgan fingerprint density at radius 2 is 1.56 bits per heavy atom. The van der Waals surface area contributed by atoms with Crippen molar-refractivity contribution in [3.05, 3.63) is 82.2 Å². The van der Waals surface area contributed by atoms with Crippen LogP contribution in [0, 0.1) is 25.2 Å². The van der Waals surface area contributed by atoms with Gasteiger partial charge in [-0.25, -0.2) is 9.97 Å². The molecule has 0 aliphatic carbocycles. The molecular weight excluding hydrogens is 604 g/mol. The molecule has 3 aromatic carbocycles. The molecular formula is C38H38N6O4. The van der Waals surface area contributed by atoms with Gasteiger partial charge >= 0.3 is 0 Å². The fourth-order valence-corrected chi connectivity index (χ4v) is 7.55. The molecule has 2 fully saturated rings. The molecule has 1 amide bonds. The maximum absolute atomic E-state index is 12.9. The lowest BCUT2D eigenvalue weighted by molar-refractivity contribution is -0.140. The summed E-state index contributed by atoms with van der Waals surface area (Å²) in [6, 6.07) is 18.5. The molecule has 0 unspecified atom stereocenters. The number of nitrogens with zero attached hydrogens (tertiary/aromatic N) is 6. The van der Waals surface area contributed by atoms with Gasteiger partial charge < -0.3 is 18.8 Å². The number of hydrogen-bond donors (Lipinski definition) is 1. The quantitative estimate of drug-likeness (QED) is 0.234. The third-order valence-electron chi connectivity index (χ3n) is 9.99. The molecule has 5 heterocycles. The lowest BCUT2D eigenvalue weighted by atomic mass is 9.91. The van der Waals surface area contributed by atoms with E-state index >= 15 is 0 Å². The fraction of sp³-hybridized carbons (Fsp3) is 0.368. The summed E-state index contributed by atoms with van der Waals surface area (Å²) in [6.07, 6.45) is 2.43. The van der Waals surface area contributed by atoms with Crippen LogP contribution in [-0.2, 0) is 24.4 Å². The van der Waals surface area contributed by atoms with Crippen molar-refractivity contribution in [3.63, 3.8) is 0 Å². The van der Waals surface area contributed by atoms with Gasteiger partial charge in [-0.1, -0.05) is 24.3 Å². The molecule has 10 nitrogen and oxygen atoms in total. The maximum atomic E-state index is 12.9. The average Bonchev–Trinajstić information content (AvgIpc) is 3.85. The van der Waals surface area contributed by atoms with Crippen molar-refractivity contribution in [2.45, 2.75) is 58.8 Å². The van der Waals surface area contributed by atoms with Crippen molar-refractivity contribution in [2.24, 2.45) is 0 Å². The molecule has 3 aliphatic rings. The zero-order valence-electron chi connectivity index (χ0n) is 27.5. The fourth-order valence-electron chi connectivity index (χ4n) is 7.55. The Kier molecular flexibility index (Phi) is 7.44. The van der Waals surface area contributed by atoms with Crippen LogP contribution in [0.5, 0.6) is 0 Å². The third kappa shape index (κ3) is 5.48. The number of benzene rings is 3. The van der Waals surface area contributed by atoms with E-state index in [-0.39, 0.29) is 12.5 Å². The number of β-amino-alcohol motifs (C(OH)–C–C–N with tert-alkyl or cyclic N) is 1. The first kappa shape index (κ1) is 30.5. The molecule has 8 rings (SSSR count). The minimum atomic E-state index is -0.705. The summed E-state index contributed by atoms with van der Waals surface area (Å²) >= 11 is 0. The normalized spacial score (nSPS) is 17.5. The Bertz CT molecular complexity index is 2080. The van der Waals surface area contributed by atoms with Gasteiger partial charge in [-0.05, 0) is 98.8 Å². The number of aliphatic hydroxyl groups is 1. The zero-order chi connectivity index (χ0) is 33.2. The van der Waals surface area contributed by atoms with E-state index in [0.717, 1.165) is 64.3 Å². The first-order chi connectivity index (χ1) is 23.2. The van der Waals surface area contributed by atoms with Gasteiger partial charge in [0, 0.05) is 30.8 Å². The predicted octanol–water partition coefficient (Wildman–Crippen LogP) is 5.81. The highest BCUT2D eigenvalue weighted by molar-refractivity contribution is 5.85. The highest BCUT2D eigenvalue weighted by Crippen LogP contribution is 2.39. The molecule has 2 saturated heterocycles. The molecule has 244 valence electrons. The minimum absolute atomic E-state index is 0.0131. The van der Waals surface area contributed by atoms with E-state index in [2.05, 4.69) is 43.0 Å². The second-order valence-electron chi connectivity index (χ2n) is 13.8. The largest absolute Gasteiger partial charge is 0.439 e. The molecule has 3 aliphatic heterocycles. The summed E-state index contributed by atoms with van der Waals surface area (Å²) in [5.41, 5.74) is 8.82. The molecule has 0 spiro atoms. The molecule has 5 aromatic rings. The second-order valence-corrected chi connectivity index (χ2v) is 13.8. The molecule has 10 heteroatoms. The van der Waals surface area contributed by atoms with Crippen LogP contribution in [0.2, 0.25) is 0 Å².